The van der Waals surface area contributed by atoms with Gasteiger partial charge in [-0.2, -0.15) is 0 Å². The van der Waals surface area contributed by atoms with E-state index in [0.29, 0.717) is 11.3 Å². The van der Waals surface area contributed by atoms with Crippen LogP contribution >= 0.6 is 0 Å². The van der Waals surface area contributed by atoms with Crippen LogP contribution in [0.5, 0.6) is 0 Å². The smallest absolute Gasteiger partial charge is 0.329 e. The highest BCUT2D eigenvalue weighted by Crippen LogP contribution is 2.09. The van der Waals surface area contributed by atoms with Crippen molar-refractivity contribution < 1.29 is 18.7 Å². The van der Waals surface area contributed by atoms with Crippen LogP contribution < -0.4 is 10.9 Å². The second-order valence-electron chi connectivity index (χ2n) is 6.80. The number of rotatable bonds is 6. The van der Waals surface area contributed by atoms with E-state index in [9.17, 15) is 14.4 Å². The van der Waals surface area contributed by atoms with E-state index in [1.807, 2.05) is 13.0 Å². The molecule has 1 unspecified atom stereocenters. The maximum Gasteiger partial charge on any atom is 0.329 e. The van der Waals surface area contributed by atoms with Crippen molar-refractivity contribution >= 4 is 17.5 Å². The molecule has 0 spiro atoms. The fraction of sp³-hybridized carbons (Fsp3) is 0.300. The molecular formula is C20H21N3O5. The van der Waals surface area contributed by atoms with Crippen LogP contribution in [0.4, 0.5) is 0 Å². The Hall–Kier alpha value is -3.42. The average molecular weight is 383 g/mol. The van der Waals surface area contributed by atoms with Crippen molar-refractivity contribution in [3.8, 4) is 0 Å². The molecule has 0 aliphatic rings. The van der Waals surface area contributed by atoms with Crippen molar-refractivity contribution in [2.75, 3.05) is 0 Å². The van der Waals surface area contributed by atoms with Gasteiger partial charge in [0.2, 0.25) is 0 Å². The molecule has 146 valence electrons. The molecule has 0 saturated carbocycles. The molecule has 0 aromatic carbocycles. The molecule has 1 atom stereocenters. The molecule has 3 rings (SSSR count). The lowest BCUT2D eigenvalue weighted by molar-refractivity contribution is -0.148. The predicted octanol–water partition coefficient (Wildman–Crippen LogP) is 2.09. The number of hydrogen-bond donors (Lipinski definition) is 1. The lowest BCUT2D eigenvalue weighted by Gasteiger charge is -2.20. The number of amides is 1. The van der Waals surface area contributed by atoms with Gasteiger partial charge >= 0.3 is 5.97 Å². The number of furan rings is 1. The third-order valence-electron chi connectivity index (χ3n) is 4.18. The Bertz CT molecular complexity index is 1050. The molecule has 0 fully saturated rings. The Morgan fingerprint density at radius 3 is 2.75 bits per heavy atom. The Labute approximate surface area is 161 Å². The highest BCUT2D eigenvalue weighted by atomic mass is 16.5. The molecular weight excluding hydrogens is 362 g/mol. The molecule has 1 N–H and O–H groups in total. The van der Waals surface area contributed by atoms with Crippen LogP contribution in [0.15, 0.2) is 52.0 Å². The van der Waals surface area contributed by atoms with Crippen LogP contribution in [0.3, 0.4) is 0 Å². The van der Waals surface area contributed by atoms with Gasteiger partial charge in [-0.05, 0) is 36.6 Å². The van der Waals surface area contributed by atoms with Crippen molar-refractivity contribution in [3.63, 3.8) is 0 Å². The standard InChI is InChI=1S/C20H21N3O5/c1-12(2)18(22-19(25)15-5-4-8-27-15)20(26)28-11-14-9-17(24)23-10-13(3)6-7-16(23)21-14/h4-10,12,18H,11H2,1-3H3,(H,22,25). The van der Waals surface area contributed by atoms with Crippen LogP contribution in [-0.4, -0.2) is 27.3 Å². The van der Waals surface area contributed by atoms with E-state index in [2.05, 4.69) is 10.3 Å². The van der Waals surface area contributed by atoms with Crippen molar-refractivity contribution in [3.05, 3.63) is 70.2 Å². The first-order valence-electron chi connectivity index (χ1n) is 8.85. The maximum absolute atomic E-state index is 12.5. The van der Waals surface area contributed by atoms with Gasteiger partial charge in [-0.15, -0.1) is 0 Å². The van der Waals surface area contributed by atoms with Crippen molar-refractivity contribution in [1.29, 1.82) is 0 Å². The molecule has 8 nitrogen and oxygen atoms in total. The summed E-state index contributed by atoms with van der Waals surface area (Å²) in [5, 5.41) is 2.61. The SMILES string of the molecule is Cc1ccc2nc(COC(=O)C(NC(=O)c3ccco3)C(C)C)cc(=O)n2c1. The fourth-order valence-corrected chi connectivity index (χ4v) is 2.68. The zero-order valence-corrected chi connectivity index (χ0v) is 15.8. The van der Waals surface area contributed by atoms with Gasteiger partial charge in [0.1, 0.15) is 18.3 Å². The zero-order chi connectivity index (χ0) is 20.3. The fourth-order valence-electron chi connectivity index (χ4n) is 2.68. The summed E-state index contributed by atoms with van der Waals surface area (Å²) in [6.07, 6.45) is 3.07. The second-order valence-corrected chi connectivity index (χ2v) is 6.80. The number of esters is 1. The Morgan fingerprint density at radius 1 is 1.29 bits per heavy atom. The van der Waals surface area contributed by atoms with E-state index in [1.54, 1.807) is 32.2 Å². The molecule has 28 heavy (non-hydrogen) atoms. The summed E-state index contributed by atoms with van der Waals surface area (Å²) in [5.74, 6) is -1.21. The quantitative estimate of drug-likeness (QED) is 0.654. The Balaban J connectivity index is 1.70. The molecule has 3 heterocycles. The summed E-state index contributed by atoms with van der Waals surface area (Å²) in [6, 6.07) is 7.13. The van der Waals surface area contributed by atoms with Crippen molar-refractivity contribution in [1.82, 2.24) is 14.7 Å². The monoisotopic (exact) mass is 383 g/mol. The summed E-state index contributed by atoms with van der Waals surface area (Å²) >= 11 is 0. The minimum absolute atomic E-state index is 0.109. The third kappa shape index (κ3) is 4.28. The number of aryl methyl sites for hydroxylation is 1. The summed E-state index contributed by atoms with van der Waals surface area (Å²) in [4.78, 5) is 41.2. The van der Waals surface area contributed by atoms with Gasteiger partial charge in [-0.1, -0.05) is 19.9 Å². The maximum atomic E-state index is 12.5. The number of carbonyl (C=O) groups excluding carboxylic acids is 2. The number of ether oxygens (including phenoxy) is 1. The number of hydrogen-bond acceptors (Lipinski definition) is 6. The number of fused-ring (bicyclic) bond motifs is 1. The lowest BCUT2D eigenvalue weighted by atomic mass is 10.0. The molecule has 0 saturated heterocycles. The number of nitrogens with one attached hydrogen (secondary N) is 1. The summed E-state index contributed by atoms with van der Waals surface area (Å²) in [5.41, 5.74) is 1.48. The largest absolute Gasteiger partial charge is 0.459 e. The molecule has 1 amide bonds. The van der Waals surface area contributed by atoms with Crippen molar-refractivity contribution in [2.24, 2.45) is 5.92 Å². The molecule has 0 bridgehead atoms. The predicted molar refractivity (Wildman–Crippen MR) is 101 cm³/mol. The third-order valence-corrected chi connectivity index (χ3v) is 4.18. The minimum atomic E-state index is -0.859. The van der Waals surface area contributed by atoms with Crippen LogP contribution in [0.2, 0.25) is 0 Å². The second kappa shape index (κ2) is 8.08. The van der Waals surface area contributed by atoms with E-state index in [-0.39, 0.29) is 23.8 Å². The normalized spacial score (nSPS) is 12.1. The van der Waals surface area contributed by atoms with Crippen LogP contribution in [-0.2, 0) is 16.1 Å². The van der Waals surface area contributed by atoms with Gasteiger partial charge in [-0.3, -0.25) is 14.0 Å². The van der Waals surface area contributed by atoms with Gasteiger partial charge in [-0.25, -0.2) is 9.78 Å². The lowest BCUT2D eigenvalue weighted by Crippen LogP contribution is -2.45. The van der Waals surface area contributed by atoms with Crippen LogP contribution in [0, 0.1) is 12.8 Å². The summed E-state index contributed by atoms with van der Waals surface area (Å²) in [6.45, 7) is 5.29. The Morgan fingerprint density at radius 2 is 2.07 bits per heavy atom. The highest BCUT2D eigenvalue weighted by Gasteiger charge is 2.27. The summed E-state index contributed by atoms with van der Waals surface area (Å²) in [7, 11) is 0. The molecule has 0 radical (unpaired) electrons. The van der Waals surface area contributed by atoms with E-state index in [1.165, 1.54) is 22.8 Å². The van der Waals surface area contributed by atoms with Crippen LogP contribution in [0.1, 0.15) is 35.7 Å². The molecule has 0 aliphatic heterocycles. The van der Waals surface area contributed by atoms with Gasteiger partial charge < -0.3 is 14.5 Å². The van der Waals surface area contributed by atoms with Crippen molar-refractivity contribution in [2.45, 2.75) is 33.4 Å². The zero-order valence-electron chi connectivity index (χ0n) is 15.8. The topological polar surface area (TPSA) is 103 Å². The van der Waals surface area contributed by atoms with Gasteiger partial charge in [0.15, 0.2) is 5.76 Å². The average Bonchev–Trinajstić information content (AvgIpc) is 3.19. The van der Waals surface area contributed by atoms with E-state index in [4.69, 9.17) is 9.15 Å². The number of pyridine rings is 1. The minimum Gasteiger partial charge on any atom is -0.459 e. The highest BCUT2D eigenvalue weighted by molar-refractivity contribution is 5.94. The molecule has 0 aliphatic carbocycles. The summed E-state index contributed by atoms with van der Waals surface area (Å²) < 4.78 is 11.8. The van der Waals surface area contributed by atoms with Gasteiger partial charge in [0, 0.05) is 12.3 Å². The number of aromatic nitrogens is 2. The number of carbonyl (C=O) groups is 2. The van der Waals surface area contributed by atoms with E-state index >= 15 is 0 Å². The number of nitrogens with zero attached hydrogens (tertiary/aromatic N) is 2. The molecule has 3 aromatic heterocycles. The van der Waals surface area contributed by atoms with Crippen LogP contribution in [0.25, 0.3) is 5.65 Å². The van der Waals surface area contributed by atoms with Gasteiger partial charge in [0.05, 0.1) is 12.0 Å². The first-order chi connectivity index (χ1) is 13.3. The first kappa shape index (κ1) is 19.3. The first-order valence-corrected chi connectivity index (χ1v) is 8.85. The Kier molecular flexibility index (Phi) is 5.58. The molecule has 8 heteroatoms. The van der Waals surface area contributed by atoms with Gasteiger partial charge in [0.25, 0.3) is 11.5 Å². The molecule has 3 aromatic rings. The van der Waals surface area contributed by atoms with E-state index in [0.717, 1.165) is 5.56 Å². The van der Waals surface area contributed by atoms with E-state index < -0.39 is 17.9 Å².